The minimum atomic E-state index is 0. The summed E-state index contributed by atoms with van der Waals surface area (Å²) in [5, 5.41) is 6.46. The summed E-state index contributed by atoms with van der Waals surface area (Å²) in [6, 6.07) is 8.60. The van der Waals surface area contributed by atoms with Crippen molar-refractivity contribution in [1.82, 2.24) is 15.5 Å². The van der Waals surface area contributed by atoms with Crippen LogP contribution in [0.5, 0.6) is 0 Å². The maximum absolute atomic E-state index is 4.57. The Morgan fingerprint density at radius 1 is 1.10 bits per heavy atom. The molecule has 0 aliphatic carbocycles. The fourth-order valence-electron chi connectivity index (χ4n) is 1.87. The minimum absolute atomic E-state index is 0. The van der Waals surface area contributed by atoms with Gasteiger partial charge < -0.3 is 15.5 Å². The van der Waals surface area contributed by atoms with Gasteiger partial charge >= 0.3 is 0 Å². The molecule has 0 spiro atoms. The molecule has 0 fully saturated rings. The molecule has 2 N–H and O–H groups in total. The second-order valence-corrected chi connectivity index (χ2v) is 4.78. The predicted molar refractivity (Wildman–Crippen MR) is 97.7 cm³/mol. The normalized spacial score (nSPS) is 9.85. The molecule has 0 bridgehead atoms. The highest BCUT2D eigenvalue weighted by atomic mass is 127. The van der Waals surface area contributed by atoms with E-state index in [-0.39, 0.29) is 24.0 Å². The van der Waals surface area contributed by atoms with Crippen LogP contribution < -0.4 is 10.6 Å². The van der Waals surface area contributed by atoms with Crippen LogP contribution in [0.1, 0.15) is 25.0 Å². The van der Waals surface area contributed by atoms with Crippen molar-refractivity contribution in [2.45, 2.75) is 26.9 Å². The Balaban J connectivity index is 0.00000361. The largest absolute Gasteiger partial charge is 0.357 e. The summed E-state index contributed by atoms with van der Waals surface area (Å²) in [6.07, 6.45) is 0. The van der Waals surface area contributed by atoms with Gasteiger partial charge in [-0.15, -0.1) is 24.0 Å². The summed E-state index contributed by atoms with van der Waals surface area (Å²) in [5.41, 5.74) is 2.57. The van der Waals surface area contributed by atoms with Crippen molar-refractivity contribution in [2.75, 3.05) is 27.2 Å². The Hall–Kier alpha value is -0.820. The van der Waals surface area contributed by atoms with E-state index in [0.29, 0.717) is 6.54 Å². The highest BCUT2D eigenvalue weighted by Gasteiger charge is 1.99. The van der Waals surface area contributed by atoms with Crippen LogP contribution in [0.25, 0.3) is 0 Å². The molecule has 0 radical (unpaired) electrons. The van der Waals surface area contributed by atoms with Gasteiger partial charge in [0.25, 0.3) is 0 Å². The molecule has 0 unspecified atom stereocenters. The Morgan fingerprint density at radius 3 is 2.25 bits per heavy atom. The van der Waals surface area contributed by atoms with Gasteiger partial charge in [0.1, 0.15) is 0 Å². The van der Waals surface area contributed by atoms with E-state index in [2.05, 4.69) is 72.7 Å². The van der Waals surface area contributed by atoms with E-state index in [1.54, 1.807) is 0 Å². The first-order valence-electron chi connectivity index (χ1n) is 6.90. The number of halogens is 1. The van der Waals surface area contributed by atoms with E-state index in [9.17, 15) is 0 Å². The van der Waals surface area contributed by atoms with Crippen LogP contribution in [-0.4, -0.2) is 38.0 Å². The lowest BCUT2D eigenvalue weighted by molar-refractivity contribution is 0.402. The molecule has 0 atom stereocenters. The molecule has 0 saturated carbocycles. The molecule has 114 valence electrons. The van der Waals surface area contributed by atoms with Gasteiger partial charge in [-0.05, 0) is 39.1 Å². The van der Waals surface area contributed by atoms with Crippen LogP contribution in [0.15, 0.2) is 29.3 Å². The minimum Gasteiger partial charge on any atom is -0.357 e. The van der Waals surface area contributed by atoms with Crippen LogP contribution in [0.3, 0.4) is 0 Å². The maximum Gasteiger partial charge on any atom is 0.191 e. The van der Waals surface area contributed by atoms with Crippen LogP contribution in [0, 0.1) is 0 Å². The third kappa shape index (κ3) is 7.69. The quantitative estimate of drug-likeness (QED) is 0.445. The molecule has 0 saturated heterocycles. The molecule has 5 heteroatoms. The number of hydrogen-bond acceptors (Lipinski definition) is 2. The van der Waals surface area contributed by atoms with Gasteiger partial charge in [0.2, 0.25) is 0 Å². The SMILES string of the molecule is CCNC(=NCc1cccc(CN(C)C)c1)NCC.I. The van der Waals surface area contributed by atoms with Crippen molar-refractivity contribution in [3.63, 3.8) is 0 Å². The van der Waals surface area contributed by atoms with Crippen LogP contribution in [0.2, 0.25) is 0 Å². The summed E-state index contributed by atoms with van der Waals surface area (Å²) in [7, 11) is 4.17. The lowest BCUT2D eigenvalue weighted by Gasteiger charge is -2.11. The molecule has 4 nitrogen and oxygen atoms in total. The highest BCUT2D eigenvalue weighted by molar-refractivity contribution is 14.0. The van der Waals surface area contributed by atoms with E-state index in [4.69, 9.17) is 0 Å². The van der Waals surface area contributed by atoms with Gasteiger partial charge in [0.15, 0.2) is 5.96 Å². The number of aliphatic imine (C=N–C) groups is 1. The van der Waals surface area contributed by atoms with E-state index in [0.717, 1.165) is 25.6 Å². The summed E-state index contributed by atoms with van der Waals surface area (Å²) in [4.78, 5) is 6.75. The highest BCUT2D eigenvalue weighted by Crippen LogP contribution is 2.08. The standard InChI is InChI=1S/C15H26N4.HI/c1-5-16-15(17-6-2)18-11-13-8-7-9-14(10-13)12-19(3)4;/h7-10H,5-6,11-12H2,1-4H3,(H2,16,17,18);1H. The zero-order valence-corrected chi connectivity index (χ0v) is 15.3. The van der Waals surface area contributed by atoms with Gasteiger partial charge in [0, 0.05) is 19.6 Å². The second-order valence-electron chi connectivity index (χ2n) is 4.78. The van der Waals surface area contributed by atoms with Crippen LogP contribution in [-0.2, 0) is 13.1 Å². The van der Waals surface area contributed by atoms with Crippen molar-refractivity contribution in [2.24, 2.45) is 4.99 Å². The van der Waals surface area contributed by atoms with Gasteiger partial charge in [-0.1, -0.05) is 24.3 Å². The summed E-state index contributed by atoms with van der Waals surface area (Å²) < 4.78 is 0. The maximum atomic E-state index is 4.57. The van der Waals surface area contributed by atoms with Crippen LogP contribution in [0.4, 0.5) is 0 Å². The average molecular weight is 390 g/mol. The third-order valence-corrected chi connectivity index (χ3v) is 2.60. The van der Waals surface area contributed by atoms with Crippen molar-refractivity contribution in [3.05, 3.63) is 35.4 Å². The fourth-order valence-corrected chi connectivity index (χ4v) is 1.87. The molecule has 0 amide bonds. The number of benzene rings is 1. The first-order valence-corrected chi connectivity index (χ1v) is 6.90. The summed E-state index contributed by atoms with van der Waals surface area (Å²) >= 11 is 0. The molecule has 1 rings (SSSR count). The molecule has 0 heterocycles. The first kappa shape index (κ1) is 19.2. The molecule has 1 aromatic rings. The zero-order chi connectivity index (χ0) is 14.1. The van der Waals surface area contributed by atoms with Crippen LogP contribution >= 0.6 is 24.0 Å². The smallest absolute Gasteiger partial charge is 0.191 e. The van der Waals surface area contributed by atoms with E-state index in [1.807, 2.05) is 0 Å². The lowest BCUT2D eigenvalue weighted by Crippen LogP contribution is -2.36. The molecule has 20 heavy (non-hydrogen) atoms. The summed E-state index contributed by atoms with van der Waals surface area (Å²) in [5.74, 6) is 0.878. The number of rotatable bonds is 6. The topological polar surface area (TPSA) is 39.7 Å². The fraction of sp³-hybridized carbons (Fsp3) is 0.533. The second kappa shape index (κ2) is 10.9. The number of nitrogens with one attached hydrogen (secondary N) is 2. The Kier molecular flexibility index (Phi) is 10.5. The van der Waals surface area contributed by atoms with Gasteiger partial charge in [-0.2, -0.15) is 0 Å². The van der Waals surface area contributed by atoms with Gasteiger partial charge in [-0.3, -0.25) is 0 Å². The van der Waals surface area contributed by atoms with E-state index < -0.39 is 0 Å². The first-order chi connectivity index (χ1) is 9.15. The predicted octanol–water partition coefficient (Wildman–Crippen LogP) is 2.44. The molecular formula is C15H27IN4. The Labute approximate surface area is 140 Å². The third-order valence-electron chi connectivity index (χ3n) is 2.60. The lowest BCUT2D eigenvalue weighted by atomic mass is 10.1. The van der Waals surface area contributed by atoms with Crippen molar-refractivity contribution in [3.8, 4) is 0 Å². The molecule has 0 aliphatic heterocycles. The number of guanidine groups is 1. The Bertz CT molecular complexity index is 397. The molecule has 1 aromatic carbocycles. The number of hydrogen-bond donors (Lipinski definition) is 2. The molecule has 0 aliphatic rings. The molecular weight excluding hydrogens is 363 g/mol. The Morgan fingerprint density at radius 2 is 1.70 bits per heavy atom. The monoisotopic (exact) mass is 390 g/mol. The zero-order valence-electron chi connectivity index (χ0n) is 12.9. The van der Waals surface area contributed by atoms with Crippen molar-refractivity contribution in [1.29, 1.82) is 0 Å². The number of nitrogens with zero attached hydrogens (tertiary/aromatic N) is 2. The average Bonchev–Trinajstić information content (AvgIpc) is 2.36. The van der Waals surface area contributed by atoms with Gasteiger partial charge in [-0.25, -0.2) is 4.99 Å². The van der Waals surface area contributed by atoms with Crippen molar-refractivity contribution >= 4 is 29.9 Å². The van der Waals surface area contributed by atoms with E-state index >= 15 is 0 Å². The van der Waals surface area contributed by atoms with Gasteiger partial charge in [0.05, 0.1) is 6.54 Å². The van der Waals surface area contributed by atoms with E-state index in [1.165, 1.54) is 11.1 Å². The summed E-state index contributed by atoms with van der Waals surface area (Å²) in [6.45, 7) is 7.58. The van der Waals surface area contributed by atoms with Crippen molar-refractivity contribution < 1.29 is 0 Å². The molecule has 0 aromatic heterocycles.